The minimum atomic E-state index is -0.367. The summed E-state index contributed by atoms with van der Waals surface area (Å²) >= 11 is 0. The molecule has 0 radical (unpaired) electrons. The highest BCUT2D eigenvalue weighted by Crippen LogP contribution is 2.26. The van der Waals surface area contributed by atoms with E-state index in [1.165, 1.54) is 6.07 Å². The van der Waals surface area contributed by atoms with E-state index < -0.39 is 0 Å². The summed E-state index contributed by atoms with van der Waals surface area (Å²) in [6.45, 7) is -0.00456. The van der Waals surface area contributed by atoms with E-state index in [0.29, 0.717) is 17.7 Å². The van der Waals surface area contributed by atoms with Gasteiger partial charge in [-0.3, -0.25) is 0 Å². The fraction of sp³-hybridized carbons (Fsp3) is 0.333. The van der Waals surface area contributed by atoms with E-state index in [1.54, 1.807) is 12.1 Å². The average Bonchev–Trinajstić information content (AvgIpc) is 2.09. The lowest BCUT2D eigenvalue weighted by Crippen LogP contribution is -2.12. The summed E-state index contributed by atoms with van der Waals surface area (Å²) in [4.78, 5) is 0. The van der Waals surface area contributed by atoms with Crippen molar-refractivity contribution in [2.45, 2.75) is 12.5 Å². The number of hydrogen-bond acceptors (Lipinski definition) is 4. The first-order chi connectivity index (χ1) is 6.15. The Kier molecular flexibility index (Phi) is 3.11. The van der Waals surface area contributed by atoms with E-state index in [9.17, 15) is 5.11 Å². The topological polar surface area (TPSA) is 92.5 Å². The van der Waals surface area contributed by atoms with Crippen molar-refractivity contribution >= 4 is 5.69 Å². The van der Waals surface area contributed by atoms with Gasteiger partial charge in [0.25, 0.3) is 0 Å². The summed E-state index contributed by atoms with van der Waals surface area (Å²) in [6.07, 6.45) is 0.414. The number of anilines is 1. The Morgan fingerprint density at radius 3 is 2.69 bits per heavy atom. The molecule has 13 heavy (non-hydrogen) atoms. The smallest absolute Gasteiger partial charge is 0.120 e. The Morgan fingerprint density at radius 1 is 1.38 bits per heavy atom. The second kappa shape index (κ2) is 4.11. The molecule has 0 saturated heterocycles. The molecule has 6 N–H and O–H groups in total. The van der Waals surface area contributed by atoms with Crippen LogP contribution in [0.3, 0.4) is 0 Å². The summed E-state index contributed by atoms with van der Waals surface area (Å²) in [5.41, 5.74) is 12.4. The van der Waals surface area contributed by atoms with E-state index in [-0.39, 0.29) is 18.4 Å². The maximum Gasteiger partial charge on any atom is 0.120 e. The highest BCUT2D eigenvalue weighted by atomic mass is 16.3. The molecule has 0 heterocycles. The highest BCUT2D eigenvalue weighted by Gasteiger charge is 2.10. The first-order valence-electron chi connectivity index (χ1n) is 4.10. The van der Waals surface area contributed by atoms with Gasteiger partial charge < -0.3 is 21.7 Å². The van der Waals surface area contributed by atoms with Gasteiger partial charge in [-0.2, -0.15) is 0 Å². The number of nitrogens with two attached hydrogens (primary N) is 2. The monoisotopic (exact) mass is 182 g/mol. The lowest BCUT2D eigenvalue weighted by molar-refractivity contribution is 0.275. The summed E-state index contributed by atoms with van der Waals surface area (Å²) in [7, 11) is 0. The van der Waals surface area contributed by atoms with Crippen LogP contribution in [0.4, 0.5) is 5.69 Å². The summed E-state index contributed by atoms with van der Waals surface area (Å²) in [5.74, 6) is 0.121. The SMILES string of the molecule is Nc1ccc(O)c(C(N)CCO)c1. The third-order valence-electron chi connectivity index (χ3n) is 1.89. The fourth-order valence-electron chi connectivity index (χ4n) is 1.16. The molecule has 1 rings (SSSR count). The molecule has 72 valence electrons. The second-order valence-electron chi connectivity index (χ2n) is 2.94. The summed E-state index contributed by atoms with van der Waals surface area (Å²) in [5, 5.41) is 18.1. The number of nitrogen functional groups attached to an aromatic ring is 1. The first-order valence-corrected chi connectivity index (χ1v) is 4.10. The van der Waals surface area contributed by atoms with Gasteiger partial charge in [-0.1, -0.05) is 0 Å². The van der Waals surface area contributed by atoms with Crippen LogP contribution in [0.25, 0.3) is 0 Å². The minimum absolute atomic E-state index is 0.00456. The maximum atomic E-state index is 9.41. The van der Waals surface area contributed by atoms with Crippen molar-refractivity contribution in [3.8, 4) is 5.75 Å². The van der Waals surface area contributed by atoms with E-state index in [0.717, 1.165) is 0 Å². The molecule has 0 saturated carbocycles. The number of phenolic OH excluding ortho intramolecular Hbond substituents is 1. The van der Waals surface area contributed by atoms with E-state index in [4.69, 9.17) is 16.6 Å². The molecule has 4 heteroatoms. The van der Waals surface area contributed by atoms with Crippen LogP contribution in [0.1, 0.15) is 18.0 Å². The van der Waals surface area contributed by atoms with Crippen LogP contribution in [-0.2, 0) is 0 Å². The molecule has 0 aliphatic heterocycles. The van der Waals surface area contributed by atoms with Crippen LogP contribution >= 0.6 is 0 Å². The number of hydrogen-bond donors (Lipinski definition) is 4. The molecule has 1 aromatic rings. The standard InChI is InChI=1S/C9H14N2O2/c10-6-1-2-9(13)7(5-6)8(11)3-4-12/h1-2,5,8,12-13H,3-4,10-11H2. The molecule has 0 amide bonds. The normalized spacial score (nSPS) is 12.8. The third kappa shape index (κ3) is 2.34. The van der Waals surface area contributed by atoms with Gasteiger partial charge in [0.1, 0.15) is 5.75 Å². The summed E-state index contributed by atoms with van der Waals surface area (Å²) < 4.78 is 0. The minimum Gasteiger partial charge on any atom is -0.508 e. The predicted molar refractivity (Wildman–Crippen MR) is 51.2 cm³/mol. The Bertz CT molecular complexity index is 289. The molecule has 0 spiro atoms. The average molecular weight is 182 g/mol. The van der Waals surface area contributed by atoms with E-state index in [2.05, 4.69) is 0 Å². The summed E-state index contributed by atoms with van der Waals surface area (Å²) in [6, 6.07) is 4.36. The van der Waals surface area contributed by atoms with E-state index in [1.807, 2.05) is 0 Å². The maximum absolute atomic E-state index is 9.41. The molecule has 0 bridgehead atoms. The van der Waals surface area contributed by atoms with Crippen LogP contribution in [0.2, 0.25) is 0 Å². The lowest BCUT2D eigenvalue weighted by Gasteiger charge is -2.12. The molecule has 0 fully saturated rings. The molecule has 1 atom stereocenters. The van der Waals surface area contributed by atoms with Gasteiger partial charge in [0.15, 0.2) is 0 Å². The van der Waals surface area contributed by atoms with Crippen molar-refractivity contribution in [3.63, 3.8) is 0 Å². The number of aromatic hydroxyl groups is 1. The molecule has 0 aromatic heterocycles. The number of aliphatic hydroxyl groups is 1. The van der Waals surface area contributed by atoms with Crippen molar-refractivity contribution in [1.82, 2.24) is 0 Å². The molecule has 0 aliphatic carbocycles. The van der Waals surface area contributed by atoms with Crippen LogP contribution in [0.15, 0.2) is 18.2 Å². The zero-order valence-corrected chi connectivity index (χ0v) is 7.27. The van der Waals surface area contributed by atoms with Gasteiger partial charge in [0.2, 0.25) is 0 Å². The van der Waals surface area contributed by atoms with Crippen molar-refractivity contribution < 1.29 is 10.2 Å². The molecular formula is C9H14N2O2. The Labute approximate surface area is 76.8 Å². The second-order valence-corrected chi connectivity index (χ2v) is 2.94. The number of aliphatic hydroxyl groups excluding tert-OH is 1. The van der Waals surface area contributed by atoms with Crippen molar-refractivity contribution in [2.75, 3.05) is 12.3 Å². The number of phenols is 1. The van der Waals surface area contributed by atoms with Gasteiger partial charge >= 0.3 is 0 Å². The fourth-order valence-corrected chi connectivity index (χ4v) is 1.16. The number of benzene rings is 1. The molecule has 0 aliphatic rings. The van der Waals surface area contributed by atoms with Gasteiger partial charge in [0.05, 0.1) is 0 Å². The predicted octanol–water partition coefficient (Wildman–Crippen LogP) is 0.357. The molecular weight excluding hydrogens is 168 g/mol. The van der Waals surface area contributed by atoms with E-state index >= 15 is 0 Å². The van der Waals surface area contributed by atoms with Gasteiger partial charge in [-0.25, -0.2) is 0 Å². The molecule has 1 aromatic carbocycles. The quantitative estimate of drug-likeness (QED) is 0.401. The Morgan fingerprint density at radius 2 is 2.08 bits per heavy atom. The molecule has 1 unspecified atom stereocenters. The first kappa shape index (κ1) is 9.83. The van der Waals surface area contributed by atoms with Crippen LogP contribution in [0.5, 0.6) is 5.75 Å². The van der Waals surface area contributed by atoms with Crippen LogP contribution < -0.4 is 11.5 Å². The van der Waals surface area contributed by atoms with Crippen molar-refractivity contribution in [1.29, 1.82) is 0 Å². The largest absolute Gasteiger partial charge is 0.508 e. The zero-order chi connectivity index (χ0) is 9.84. The number of rotatable bonds is 3. The Balaban J connectivity index is 2.91. The molecule has 4 nitrogen and oxygen atoms in total. The van der Waals surface area contributed by atoms with Crippen molar-refractivity contribution in [3.05, 3.63) is 23.8 Å². The zero-order valence-electron chi connectivity index (χ0n) is 7.27. The van der Waals surface area contributed by atoms with Gasteiger partial charge in [-0.05, 0) is 24.6 Å². The van der Waals surface area contributed by atoms with Gasteiger partial charge in [0, 0.05) is 23.9 Å². The van der Waals surface area contributed by atoms with Crippen LogP contribution in [-0.4, -0.2) is 16.8 Å². The van der Waals surface area contributed by atoms with Crippen molar-refractivity contribution in [2.24, 2.45) is 5.73 Å². The van der Waals surface area contributed by atoms with Crippen LogP contribution in [0, 0.1) is 0 Å². The third-order valence-corrected chi connectivity index (χ3v) is 1.89. The van der Waals surface area contributed by atoms with Gasteiger partial charge in [-0.15, -0.1) is 0 Å². The Hall–Kier alpha value is -1.26. The lowest BCUT2D eigenvalue weighted by atomic mass is 10.0. The highest BCUT2D eigenvalue weighted by molar-refractivity contribution is 5.48.